The fourth-order valence-electron chi connectivity index (χ4n) is 1.85. The molecule has 0 bridgehead atoms. The number of hydrogen-bond acceptors (Lipinski definition) is 1. The Morgan fingerprint density at radius 2 is 1.47 bits per heavy atom. The fraction of sp³-hybridized carbons (Fsp3) is 0.143. The minimum Gasteiger partial charge on any atom is -0.388 e. The van der Waals surface area contributed by atoms with Gasteiger partial charge in [-0.1, -0.05) is 23.7 Å². The Morgan fingerprint density at radius 1 is 0.947 bits per heavy atom. The van der Waals surface area contributed by atoms with Crippen molar-refractivity contribution >= 4 is 11.6 Å². The summed E-state index contributed by atoms with van der Waals surface area (Å²) in [5.74, 6) is -2.37. The third-order valence-electron chi connectivity index (χ3n) is 2.79. The van der Waals surface area contributed by atoms with Crippen molar-refractivity contribution in [2.24, 2.45) is 0 Å². The number of rotatable bonds is 3. The second kappa shape index (κ2) is 5.63. The van der Waals surface area contributed by atoms with Crippen molar-refractivity contribution in [1.82, 2.24) is 0 Å². The highest BCUT2D eigenvalue weighted by molar-refractivity contribution is 6.31. The first-order valence-electron chi connectivity index (χ1n) is 5.55. The normalized spacial score (nSPS) is 12.5. The second-order valence-electron chi connectivity index (χ2n) is 4.06. The summed E-state index contributed by atoms with van der Waals surface area (Å²) in [6.45, 7) is 0. The van der Waals surface area contributed by atoms with Crippen LogP contribution in [0.25, 0.3) is 0 Å². The molecule has 0 heterocycles. The van der Waals surface area contributed by atoms with E-state index in [0.717, 1.165) is 12.1 Å². The van der Waals surface area contributed by atoms with E-state index < -0.39 is 29.1 Å². The molecule has 0 radical (unpaired) electrons. The lowest BCUT2D eigenvalue weighted by Gasteiger charge is -2.14. The summed E-state index contributed by atoms with van der Waals surface area (Å²) >= 11 is 5.80. The molecule has 5 heteroatoms. The zero-order chi connectivity index (χ0) is 14.0. The Balaban J connectivity index is 2.34. The summed E-state index contributed by atoms with van der Waals surface area (Å²) in [4.78, 5) is 0. The maximum atomic E-state index is 13.5. The summed E-state index contributed by atoms with van der Waals surface area (Å²) in [6.07, 6.45) is -1.81. The molecule has 0 aliphatic carbocycles. The van der Waals surface area contributed by atoms with Crippen molar-refractivity contribution in [2.75, 3.05) is 0 Å². The van der Waals surface area contributed by atoms with Gasteiger partial charge in [0.15, 0.2) is 0 Å². The molecule has 0 amide bonds. The van der Waals surface area contributed by atoms with Gasteiger partial charge in [0.05, 0.1) is 11.7 Å². The highest BCUT2D eigenvalue weighted by atomic mass is 35.5. The molecule has 1 N–H and O–H groups in total. The van der Waals surface area contributed by atoms with Crippen LogP contribution in [-0.2, 0) is 6.42 Å². The van der Waals surface area contributed by atoms with Gasteiger partial charge in [-0.05, 0) is 24.3 Å². The minimum absolute atomic E-state index is 0.0271. The summed E-state index contributed by atoms with van der Waals surface area (Å²) in [6, 6.07) is 7.29. The SMILES string of the molecule is OC(Cc1c(F)cccc1Cl)c1c(F)cccc1F. The van der Waals surface area contributed by atoms with Crippen molar-refractivity contribution in [3.05, 3.63) is 70.0 Å². The quantitative estimate of drug-likeness (QED) is 0.903. The van der Waals surface area contributed by atoms with E-state index in [4.69, 9.17) is 11.6 Å². The standard InChI is InChI=1S/C14H10ClF3O/c15-9-3-1-4-10(16)8(9)7-13(19)14-11(17)5-2-6-12(14)18/h1-6,13,19H,7H2. The van der Waals surface area contributed by atoms with E-state index in [2.05, 4.69) is 0 Å². The molecule has 2 aromatic carbocycles. The van der Waals surface area contributed by atoms with Crippen LogP contribution >= 0.6 is 11.6 Å². The van der Waals surface area contributed by atoms with Crippen molar-refractivity contribution < 1.29 is 18.3 Å². The first-order chi connectivity index (χ1) is 9.00. The van der Waals surface area contributed by atoms with Gasteiger partial charge in [-0.15, -0.1) is 0 Å². The lowest BCUT2D eigenvalue weighted by molar-refractivity contribution is 0.167. The number of hydrogen-bond donors (Lipinski definition) is 1. The zero-order valence-corrected chi connectivity index (χ0v) is 10.5. The van der Waals surface area contributed by atoms with Gasteiger partial charge in [-0.3, -0.25) is 0 Å². The molecule has 1 atom stereocenters. The lowest BCUT2D eigenvalue weighted by atomic mass is 10.00. The molecule has 0 spiro atoms. The van der Waals surface area contributed by atoms with Crippen LogP contribution in [0, 0.1) is 17.5 Å². The van der Waals surface area contributed by atoms with Crippen LogP contribution in [-0.4, -0.2) is 5.11 Å². The molecule has 0 aliphatic rings. The van der Waals surface area contributed by atoms with E-state index in [1.54, 1.807) is 0 Å². The molecule has 0 aromatic heterocycles. The van der Waals surface area contributed by atoms with Gasteiger partial charge in [0.25, 0.3) is 0 Å². The Labute approximate surface area is 113 Å². The lowest BCUT2D eigenvalue weighted by Crippen LogP contribution is -2.08. The average Bonchev–Trinajstić information content (AvgIpc) is 2.34. The van der Waals surface area contributed by atoms with Crippen LogP contribution in [0.2, 0.25) is 5.02 Å². The van der Waals surface area contributed by atoms with Crippen molar-refractivity contribution in [1.29, 1.82) is 0 Å². The predicted molar refractivity (Wildman–Crippen MR) is 66.4 cm³/mol. The van der Waals surface area contributed by atoms with Crippen LogP contribution in [0.3, 0.4) is 0 Å². The van der Waals surface area contributed by atoms with Crippen molar-refractivity contribution in [2.45, 2.75) is 12.5 Å². The molecular weight excluding hydrogens is 277 g/mol. The molecule has 0 saturated heterocycles. The van der Waals surface area contributed by atoms with Gasteiger partial charge >= 0.3 is 0 Å². The van der Waals surface area contributed by atoms with Crippen LogP contribution in [0.4, 0.5) is 13.2 Å². The molecule has 19 heavy (non-hydrogen) atoms. The predicted octanol–water partition coefficient (Wildman–Crippen LogP) is 4.03. The van der Waals surface area contributed by atoms with E-state index in [1.807, 2.05) is 0 Å². The zero-order valence-electron chi connectivity index (χ0n) is 9.71. The smallest absolute Gasteiger partial charge is 0.131 e. The summed E-state index contributed by atoms with van der Waals surface area (Å²) in [7, 11) is 0. The van der Waals surface area contributed by atoms with Crippen LogP contribution in [0.15, 0.2) is 36.4 Å². The third kappa shape index (κ3) is 2.91. The maximum absolute atomic E-state index is 13.5. The summed E-state index contributed by atoms with van der Waals surface area (Å²) < 4.78 is 40.5. The Bertz CT molecular complexity index is 561. The fourth-order valence-corrected chi connectivity index (χ4v) is 2.09. The van der Waals surface area contributed by atoms with Gasteiger partial charge < -0.3 is 5.11 Å². The first-order valence-corrected chi connectivity index (χ1v) is 5.93. The third-order valence-corrected chi connectivity index (χ3v) is 3.15. The number of benzene rings is 2. The molecule has 1 nitrogen and oxygen atoms in total. The van der Waals surface area contributed by atoms with E-state index in [-0.39, 0.29) is 17.0 Å². The molecule has 0 aliphatic heterocycles. The monoisotopic (exact) mass is 286 g/mol. The van der Waals surface area contributed by atoms with Crippen LogP contribution in [0.1, 0.15) is 17.2 Å². The largest absolute Gasteiger partial charge is 0.388 e. The topological polar surface area (TPSA) is 20.2 Å². The molecule has 0 fully saturated rings. The summed E-state index contributed by atoms with van der Waals surface area (Å²) in [5, 5.41) is 9.99. The average molecular weight is 287 g/mol. The second-order valence-corrected chi connectivity index (χ2v) is 4.46. The first kappa shape index (κ1) is 13.9. The van der Waals surface area contributed by atoms with Crippen LogP contribution in [0.5, 0.6) is 0 Å². The van der Waals surface area contributed by atoms with Gasteiger partial charge in [0, 0.05) is 17.0 Å². The van der Waals surface area contributed by atoms with E-state index in [0.29, 0.717) is 0 Å². The van der Waals surface area contributed by atoms with Gasteiger partial charge in [-0.25, -0.2) is 13.2 Å². The van der Waals surface area contributed by atoms with Gasteiger partial charge in [-0.2, -0.15) is 0 Å². The molecule has 100 valence electrons. The highest BCUT2D eigenvalue weighted by Gasteiger charge is 2.20. The van der Waals surface area contributed by atoms with Gasteiger partial charge in [0.2, 0.25) is 0 Å². The number of halogens is 4. The molecule has 0 saturated carbocycles. The molecule has 1 unspecified atom stereocenters. The highest BCUT2D eigenvalue weighted by Crippen LogP contribution is 2.28. The Hall–Kier alpha value is -1.52. The van der Waals surface area contributed by atoms with Gasteiger partial charge in [0.1, 0.15) is 17.5 Å². The number of aliphatic hydroxyl groups excluding tert-OH is 1. The number of aliphatic hydroxyl groups is 1. The van der Waals surface area contributed by atoms with Crippen molar-refractivity contribution in [3.63, 3.8) is 0 Å². The maximum Gasteiger partial charge on any atom is 0.131 e. The van der Waals surface area contributed by atoms with Crippen LogP contribution < -0.4 is 0 Å². The molecule has 2 aromatic rings. The van der Waals surface area contributed by atoms with E-state index >= 15 is 0 Å². The Morgan fingerprint density at radius 3 is 2.05 bits per heavy atom. The van der Waals surface area contributed by atoms with Crippen molar-refractivity contribution in [3.8, 4) is 0 Å². The van der Waals surface area contributed by atoms with E-state index in [9.17, 15) is 18.3 Å². The summed E-state index contributed by atoms with van der Waals surface area (Å²) in [5.41, 5.74) is -0.457. The molecular formula is C14H10ClF3O. The van der Waals surface area contributed by atoms with E-state index in [1.165, 1.54) is 24.3 Å². The molecule has 2 rings (SSSR count). The minimum atomic E-state index is -1.50. The Kier molecular flexibility index (Phi) is 4.12.